The average Bonchev–Trinajstić information content (AvgIpc) is 3.14. The lowest BCUT2D eigenvalue weighted by Gasteiger charge is -2.34. The van der Waals surface area contributed by atoms with Gasteiger partial charge in [0, 0.05) is 31.7 Å². The number of piperazine rings is 1. The summed E-state index contributed by atoms with van der Waals surface area (Å²) in [5.41, 5.74) is -0.333. The molecule has 0 atom stereocenters. The summed E-state index contributed by atoms with van der Waals surface area (Å²) < 4.78 is 45.4. The third kappa shape index (κ3) is 3.78. The van der Waals surface area contributed by atoms with Crippen molar-refractivity contribution in [3.05, 3.63) is 47.3 Å². The number of aromatic nitrogens is 2. The predicted octanol–water partition coefficient (Wildman–Crippen LogP) is 2.16. The van der Waals surface area contributed by atoms with Crippen LogP contribution < -0.4 is 0 Å². The molecule has 10 heteroatoms. The van der Waals surface area contributed by atoms with Crippen molar-refractivity contribution in [2.45, 2.75) is 6.18 Å². The smallest absolute Gasteiger partial charge is 0.335 e. The molecule has 1 saturated heterocycles. The van der Waals surface area contributed by atoms with Gasteiger partial charge in [-0.15, -0.1) is 0 Å². The zero-order chi connectivity index (χ0) is 18.0. The van der Waals surface area contributed by atoms with Crippen molar-refractivity contribution in [2.24, 2.45) is 0 Å². The normalized spacial score (nSPS) is 15.3. The first-order chi connectivity index (χ1) is 11.9. The van der Waals surface area contributed by atoms with E-state index in [1.54, 1.807) is 4.90 Å². The number of amides is 2. The molecule has 2 heterocycles. The van der Waals surface area contributed by atoms with Crippen LogP contribution in [0.2, 0.25) is 0 Å². The molecular weight excluding hydrogens is 357 g/mol. The topological polar surface area (TPSA) is 66.4 Å². The maximum Gasteiger partial charge on any atom is 0.416 e. The van der Waals surface area contributed by atoms with Crippen molar-refractivity contribution in [3.63, 3.8) is 0 Å². The van der Waals surface area contributed by atoms with Crippen LogP contribution in [0.5, 0.6) is 0 Å². The van der Waals surface area contributed by atoms with Crippen LogP contribution in [-0.4, -0.2) is 56.5 Å². The lowest BCUT2D eigenvalue weighted by Crippen LogP contribution is -2.50. The Morgan fingerprint density at radius 3 is 2.00 bits per heavy atom. The minimum Gasteiger partial charge on any atom is -0.335 e. The van der Waals surface area contributed by atoms with Gasteiger partial charge in [-0.2, -0.15) is 21.9 Å². The van der Waals surface area contributed by atoms with E-state index < -0.39 is 11.7 Å². The third-order valence-electron chi connectivity index (χ3n) is 3.89. The van der Waals surface area contributed by atoms with Gasteiger partial charge in [-0.3, -0.25) is 9.59 Å². The second kappa shape index (κ2) is 6.79. The van der Waals surface area contributed by atoms with Crippen molar-refractivity contribution in [1.82, 2.24) is 18.5 Å². The number of hydrogen-bond acceptors (Lipinski definition) is 5. The Bertz CT molecular complexity index is 754. The van der Waals surface area contributed by atoms with E-state index in [4.69, 9.17) is 0 Å². The number of hydrogen-bond donors (Lipinski definition) is 0. The number of benzene rings is 1. The monoisotopic (exact) mass is 370 g/mol. The number of rotatable bonds is 2. The highest BCUT2D eigenvalue weighted by atomic mass is 32.1. The minimum absolute atomic E-state index is 0.191. The average molecular weight is 370 g/mol. The first kappa shape index (κ1) is 17.3. The van der Waals surface area contributed by atoms with E-state index >= 15 is 0 Å². The maximum atomic E-state index is 12.6. The summed E-state index contributed by atoms with van der Waals surface area (Å²) in [6.45, 7) is 1.29. The van der Waals surface area contributed by atoms with Crippen LogP contribution in [0.1, 0.15) is 26.4 Å². The Morgan fingerprint density at radius 1 is 0.960 bits per heavy atom. The Kier molecular flexibility index (Phi) is 4.71. The molecule has 1 aliphatic rings. The Morgan fingerprint density at radius 2 is 1.52 bits per heavy atom. The van der Waals surface area contributed by atoms with Gasteiger partial charge in [0.2, 0.25) is 0 Å². The summed E-state index contributed by atoms with van der Waals surface area (Å²) in [5.74, 6) is -0.591. The van der Waals surface area contributed by atoms with Gasteiger partial charge in [-0.25, -0.2) is 0 Å². The molecule has 2 aromatic rings. The summed E-state index contributed by atoms with van der Waals surface area (Å²) in [4.78, 5) is 27.6. The highest BCUT2D eigenvalue weighted by Crippen LogP contribution is 2.29. The molecule has 1 aromatic heterocycles. The fraction of sp³-hybridized carbons (Fsp3) is 0.333. The van der Waals surface area contributed by atoms with Crippen molar-refractivity contribution in [3.8, 4) is 0 Å². The lowest BCUT2D eigenvalue weighted by molar-refractivity contribution is -0.137. The van der Waals surface area contributed by atoms with Crippen LogP contribution in [-0.2, 0) is 6.18 Å². The quantitative estimate of drug-likeness (QED) is 0.813. The van der Waals surface area contributed by atoms with Crippen molar-refractivity contribution in [2.75, 3.05) is 26.2 Å². The Balaban J connectivity index is 1.61. The molecule has 0 aliphatic carbocycles. The van der Waals surface area contributed by atoms with Gasteiger partial charge in [0.1, 0.15) is 0 Å². The molecule has 25 heavy (non-hydrogen) atoms. The highest BCUT2D eigenvalue weighted by Gasteiger charge is 2.31. The zero-order valence-corrected chi connectivity index (χ0v) is 13.7. The summed E-state index contributed by atoms with van der Waals surface area (Å²) in [7, 11) is 0. The van der Waals surface area contributed by atoms with Crippen LogP contribution in [0.25, 0.3) is 0 Å². The van der Waals surface area contributed by atoms with E-state index in [0.29, 0.717) is 26.2 Å². The number of carbonyl (C=O) groups excluding carboxylic acids is 2. The molecule has 0 N–H and O–H groups in total. The van der Waals surface area contributed by atoms with Crippen molar-refractivity contribution < 1.29 is 22.8 Å². The van der Waals surface area contributed by atoms with Gasteiger partial charge in [-0.1, -0.05) is 0 Å². The fourth-order valence-electron chi connectivity index (χ4n) is 2.52. The molecule has 0 radical (unpaired) electrons. The van der Waals surface area contributed by atoms with Crippen LogP contribution in [0, 0.1) is 0 Å². The lowest BCUT2D eigenvalue weighted by atomic mass is 10.1. The molecular formula is C15H13F3N4O2S. The molecule has 1 fully saturated rings. The Labute approximate surface area is 145 Å². The number of alkyl halides is 3. The first-order valence-corrected chi connectivity index (χ1v) is 8.12. The van der Waals surface area contributed by atoms with Gasteiger partial charge >= 0.3 is 6.18 Å². The molecule has 3 rings (SSSR count). The van der Waals surface area contributed by atoms with Crippen LogP contribution >= 0.6 is 11.7 Å². The second-order valence-electron chi connectivity index (χ2n) is 5.45. The predicted molar refractivity (Wildman–Crippen MR) is 83.2 cm³/mol. The van der Waals surface area contributed by atoms with E-state index in [-0.39, 0.29) is 23.1 Å². The second-order valence-corrected chi connectivity index (χ2v) is 6.01. The molecule has 132 valence electrons. The molecule has 0 spiro atoms. The van der Waals surface area contributed by atoms with E-state index in [9.17, 15) is 22.8 Å². The molecule has 0 unspecified atom stereocenters. The molecule has 0 saturated carbocycles. The largest absolute Gasteiger partial charge is 0.416 e. The summed E-state index contributed by atoms with van der Waals surface area (Å²) >= 11 is 0.945. The minimum atomic E-state index is -4.43. The molecule has 1 aliphatic heterocycles. The SMILES string of the molecule is O=C(c1ccc(C(F)(F)F)cc1)N1CCN(C(=O)c2cnsn2)CC1. The molecule has 0 bridgehead atoms. The highest BCUT2D eigenvalue weighted by molar-refractivity contribution is 6.99. The van der Waals surface area contributed by atoms with Crippen molar-refractivity contribution in [1.29, 1.82) is 0 Å². The van der Waals surface area contributed by atoms with Gasteiger partial charge in [0.25, 0.3) is 11.8 Å². The van der Waals surface area contributed by atoms with E-state index in [0.717, 1.165) is 23.9 Å². The van der Waals surface area contributed by atoms with Crippen LogP contribution in [0.4, 0.5) is 13.2 Å². The van der Waals surface area contributed by atoms with Gasteiger partial charge < -0.3 is 9.80 Å². The molecule has 1 aromatic carbocycles. The Hall–Kier alpha value is -2.49. The van der Waals surface area contributed by atoms with E-state index in [1.807, 2.05) is 0 Å². The van der Waals surface area contributed by atoms with Gasteiger partial charge in [0.15, 0.2) is 5.69 Å². The zero-order valence-electron chi connectivity index (χ0n) is 12.9. The van der Waals surface area contributed by atoms with Crippen LogP contribution in [0.15, 0.2) is 30.5 Å². The summed E-state index contributed by atoms with van der Waals surface area (Å²) in [6, 6.07) is 4.12. The number of nitrogens with zero attached hydrogens (tertiary/aromatic N) is 4. The standard InChI is InChI=1S/C15H13F3N4O2S/c16-15(17,18)11-3-1-10(2-4-11)13(23)21-5-7-22(8-6-21)14(24)12-9-19-25-20-12/h1-4,9H,5-8H2. The van der Waals surface area contributed by atoms with E-state index in [2.05, 4.69) is 8.75 Å². The van der Waals surface area contributed by atoms with Crippen molar-refractivity contribution >= 4 is 23.5 Å². The fourth-order valence-corrected chi connectivity index (χ4v) is 2.93. The van der Waals surface area contributed by atoms with Crippen LogP contribution in [0.3, 0.4) is 0 Å². The first-order valence-electron chi connectivity index (χ1n) is 7.39. The van der Waals surface area contributed by atoms with E-state index in [1.165, 1.54) is 23.2 Å². The summed E-state index contributed by atoms with van der Waals surface area (Å²) in [6.07, 6.45) is -3.04. The van der Waals surface area contributed by atoms with Gasteiger partial charge in [0.05, 0.1) is 23.5 Å². The molecule has 6 nitrogen and oxygen atoms in total. The molecule has 2 amide bonds. The maximum absolute atomic E-state index is 12.6. The third-order valence-corrected chi connectivity index (χ3v) is 4.37. The summed E-state index contributed by atoms with van der Waals surface area (Å²) in [5, 5.41) is 0. The van der Waals surface area contributed by atoms with Gasteiger partial charge in [-0.05, 0) is 24.3 Å². The number of carbonyl (C=O) groups is 2. The number of halogens is 3.